The topological polar surface area (TPSA) is 106 Å². The van der Waals surface area contributed by atoms with Gasteiger partial charge in [0.15, 0.2) is 11.0 Å². The zero-order chi connectivity index (χ0) is 19.9. The molecule has 0 aliphatic heterocycles. The first kappa shape index (κ1) is 22.4. The van der Waals surface area contributed by atoms with Crippen molar-refractivity contribution in [3.63, 3.8) is 0 Å². The highest BCUT2D eigenvalue weighted by Crippen LogP contribution is 2.30. The molecule has 0 aromatic carbocycles. The lowest BCUT2D eigenvalue weighted by Gasteiger charge is -2.24. The molecule has 8 nitrogen and oxygen atoms in total. The van der Waals surface area contributed by atoms with Crippen LogP contribution in [-0.2, 0) is 11.3 Å². The predicted molar refractivity (Wildman–Crippen MR) is 104 cm³/mol. The number of imide groups is 1. The largest absolute Gasteiger partial charge is 0.351 e. The van der Waals surface area contributed by atoms with Crippen LogP contribution in [0.4, 0.5) is 4.79 Å². The van der Waals surface area contributed by atoms with E-state index in [0.717, 1.165) is 31.6 Å². The van der Waals surface area contributed by atoms with Crippen LogP contribution in [0.15, 0.2) is 5.16 Å². The predicted octanol–water partition coefficient (Wildman–Crippen LogP) is 2.40. The Labute approximate surface area is 160 Å². The molecule has 26 heavy (non-hydrogen) atoms. The summed E-state index contributed by atoms with van der Waals surface area (Å²) in [6, 6.07) is -0.682. The second kappa shape index (κ2) is 10.5. The van der Waals surface area contributed by atoms with Crippen LogP contribution in [0.5, 0.6) is 0 Å². The van der Waals surface area contributed by atoms with Gasteiger partial charge in [0, 0.05) is 6.54 Å². The van der Waals surface area contributed by atoms with E-state index in [0.29, 0.717) is 5.16 Å². The third kappa shape index (κ3) is 5.98. The van der Waals surface area contributed by atoms with Gasteiger partial charge in [0.05, 0.1) is 11.3 Å². The van der Waals surface area contributed by atoms with Crippen molar-refractivity contribution in [2.75, 3.05) is 14.1 Å². The van der Waals surface area contributed by atoms with Gasteiger partial charge < -0.3 is 10.3 Å². The smallest absolute Gasteiger partial charge is 0.318 e. The molecule has 3 N–H and O–H groups in total. The number of hydrogen-bond donors (Lipinski definition) is 2. The van der Waals surface area contributed by atoms with Crippen molar-refractivity contribution in [3.8, 4) is 0 Å². The Kier molecular flexibility index (Phi) is 9.07. The first-order valence-corrected chi connectivity index (χ1v) is 9.97. The van der Waals surface area contributed by atoms with Gasteiger partial charge in [0.25, 0.3) is 0 Å². The molecule has 1 heterocycles. The molecule has 0 radical (unpaired) electrons. The summed E-state index contributed by atoms with van der Waals surface area (Å²) < 4.78 is 2.11. The average Bonchev–Trinajstić information content (AvgIpc) is 2.92. The summed E-state index contributed by atoms with van der Waals surface area (Å²) in [6.45, 7) is 8.92. The van der Waals surface area contributed by atoms with Gasteiger partial charge in [-0.15, -0.1) is 10.2 Å². The van der Waals surface area contributed by atoms with E-state index in [1.807, 2.05) is 27.9 Å². The summed E-state index contributed by atoms with van der Waals surface area (Å²) in [5.74, 6) is 0.518. The summed E-state index contributed by atoms with van der Waals surface area (Å²) in [7, 11) is 4.05. The van der Waals surface area contributed by atoms with Gasteiger partial charge in [-0.2, -0.15) is 0 Å². The maximum Gasteiger partial charge on any atom is 0.318 e. The minimum atomic E-state index is -0.840. The molecule has 0 bridgehead atoms. The molecule has 0 aliphatic rings. The number of nitrogens with zero attached hydrogens (tertiary/aromatic N) is 4. The first-order chi connectivity index (χ1) is 12.2. The molecule has 0 unspecified atom stereocenters. The zero-order valence-electron chi connectivity index (χ0n) is 16.7. The highest BCUT2D eigenvalue weighted by Gasteiger charge is 2.29. The number of thioether (sulfide) groups is 1. The molecule has 1 aromatic rings. The molecule has 0 saturated carbocycles. The summed E-state index contributed by atoms with van der Waals surface area (Å²) >= 11 is 1.34. The summed E-state index contributed by atoms with van der Waals surface area (Å²) in [6.07, 6.45) is 2.97. The molecule has 0 aliphatic carbocycles. The Balaban J connectivity index is 3.18. The van der Waals surface area contributed by atoms with Crippen LogP contribution < -0.4 is 11.1 Å². The number of rotatable bonds is 10. The normalized spacial score (nSPS) is 13.8. The zero-order valence-corrected chi connectivity index (χ0v) is 17.5. The number of urea groups is 1. The Morgan fingerprint density at radius 3 is 2.38 bits per heavy atom. The minimum Gasteiger partial charge on any atom is -0.351 e. The highest BCUT2D eigenvalue weighted by molar-refractivity contribution is 8.00. The highest BCUT2D eigenvalue weighted by atomic mass is 32.2. The third-order valence-electron chi connectivity index (χ3n) is 4.13. The van der Waals surface area contributed by atoms with Gasteiger partial charge in [-0.25, -0.2) is 4.79 Å². The Morgan fingerprint density at radius 1 is 1.27 bits per heavy atom. The third-order valence-corrected chi connectivity index (χ3v) is 5.66. The molecule has 9 heteroatoms. The van der Waals surface area contributed by atoms with Crippen molar-refractivity contribution < 1.29 is 9.59 Å². The van der Waals surface area contributed by atoms with E-state index >= 15 is 0 Å². The van der Waals surface area contributed by atoms with Crippen molar-refractivity contribution >= 4 is 23.7 Å². The number of aromatic nitrogens is 3. The maximum atomic E-state index is 12.3. The van der Waals surface area contributed by atoms with Crippen molar-refractivity contribution in [2.24, 2.45) is 11.7 Å². The van der Waals surface area contributed by atoms with Crippen LogP contribution in [-0.4, -0.2) is 50.9 Å². The van der Waals surface area contributed by atoms with Crippen LogP contribution in [0.2, 0.25) is 0 Å². The standard InChI is InChI=1S/C17H32N6O2S/c1-7-9-10-23-14(12(8-2)22(5)6)20-21-17(23)26-13(11(3)4)15(24)19-16(18)25/h11-13H,7-10H2,1-6H3,(H3,18,19,24,25)/t12-,13+/m0/s1. The van der Waals surface area contributed by atoms with E-state index in [-0.39, 0.29) is 12.0 Å². The lowest BCUT2D eigenvalue weighted by atomic mass is 10.1. The van der Waals surface area contributed by atoms with E-state index < -0.39 is 17.2 Å². The van der Waals surface area contributed by atoms with Gasteiger partial charge >= 0.3 is 6.03 Å². The fraction of sp³-hybridized carbons (Fsp3) is 0.765. The van der Waals surface area contributed by atoms with Crippen molar-refractivity contribution in [1.82, 2.24) is 25.0 Å². The number of carbonyl (C=O) groups excluding carboxylic acids is 2. The summed E-state index contributed by atoms with van der Waals surface area (Å²) in [5, 5.41) is 11.2. The van der Waals surface area contributed by atoms with E-state index in [1.165, 1.54) is 11.8 Å². The van der Waals surface area contributed by atoms with Crippen molar-refractivity contribution in [1.29, 1.82) is 0 Å². The van der Waals surface area contributed by atoms with Gasteiger partial charge in [-0.05, 0) is 32.9 Å². The lowest BCUT2D eigenvalue weighted by Crippen LogP contribution is -2.42. The van der Waals surface area contributed by atoms with E-state index in [9.17, 15) is 9.59 Å². The van der Waals surface area contributed by atoms with Crippen LogP contribution in [0.3, 0.4) is 0 Å². The second-order valence-electron chi connectivity index (χ2n) is 6.87. The van der Waals surface area contributed by atoms with E-state index in [2.05, 4.69) is 38.8 Å². The Hall–Kier alpha value is -1.61. The van der Waals surface area contributed by atoms with E-state index in [1.54, 1.807) is 0 Å². The number of carbonyl (C=O) groups is 2. The first-order valence-electron chi connectivity index (χ1n) is 9.09. The molecule has 148 valence electrons. The lowest BCUT2D eigenvalue weighted by molar-refractivity contribution is -0.120. The Bertz CT molecular complexity index is 602. The molecule has 1 aromatic heterocycles. The maximum absolute atomic E-state index is 12.3. The summed E-state index contributed by atoms with van der Waals surface area (Å²) in [5.41, 5.74) is 5.10. The second-order valence-corrected chi connectivity index (χ2v) is 7.98. The molecular weight excluding hydrogens is 352 g/mol. The molecule has 0 saturated heterocycles. The van der Waals surface area contributed by atoms with Gasteiger partial charge in [-0.1, -0.05) is 45.9 Å². The fourth-order valence-electron chi connectivity index (χ4n) is 2.74. The quantitative estimate of drug-likeness (QED) is 0.600. The fourth-order valence-corrected chi connectivity index (χ4v) is 3.80. The van der Waals surface area contributed by atoms with Crippen LogP contribution in [0.1, 0.15) is 58.8 Å². The molecule has 0 spiro atoms. The monoisotopic (exact) mass is 384 g/mol. The van der Waals surface area contributed by atoms with Gasteiger partial charge in [0.2, 0.25) is 5.91 Å². The number of primary amides is 1. The van der Waals surface area contributed by atoms with Gasteiger partial charge in [-0.3, -0.25) is 15.0 Å². The van der Waals surface area contributed by atoms with Gasteiger partial charge in [0.1, 0.15) is 0 Å². The Morgan fingerprint density at radius 2 is 1.92 bits per heavy atom. The number of hydrogen-bond acceptors (Lipinski definition) is 6. The molecular formula is C17H32N6O2S. The van der Waals surface area contributed by atoms with E-state index in [4.69, 9.17) is 5.73 Å². The van der Waals surface area contributed by atoms with Crippen molar-refractivity contribution in [2.45, 2.75) is 70.0 Å². The number of amides is 3. The number of nitrogens with two attached hydrogens (primary N) is 1. The number of nitrogens with one attached hydrogen (secondary N) is 1. The van der Waals surface area contributed by atoms with Crippen molar-refractivity contribution in [3.05, 3.63) is 5.82 Å². The SMILES string of the molecule is CCCCn1c(S[C@@H](C(=O)NC(N)=O)C(C)C)nnc1[C@H](CC)N(C)C. The molecule has 1 rings (SSSR count). The molecule has 2 atom stereocenters. The van der Waals surface area contributed by atoms with Crippen LogP contribution in [0, 0.1) is 5.92 Å². The molecule has 0 fully saturated rings. The van der Waals surface area contributed by atoms with Crippen LogP contribution >= 0.6 is 11.8 Å². The average molecular weight is 385 g/mol. The number of unbranched alkanes of at least 4 members (excludes halogenated alkanes) is 1. The van der Waals surface area contributed by atoms with Crippen LogP contribution in [0.25, 0.3) is 0 Å². The molecule has 3 amide bonds. The summed E-state index contributed by atoms with van der Waals surface area (Å²) in [4.78, 5) is 25.5. The minimum absolute atomic E-state index is 0.00921.